The highest BCUT2D eigenvalue weighted by Gasteiger charge is 2.15. The molecule has 70 valence electrons. The van der Waals surface area contributed by atoms with Crippen molar-refractivity contribution in [1.82, 2.24) is 0 Å². The molecule has 0 amide bonds. The van der Waals surface area contributed by atoms with Gasteiger partial charge in [-0.25, -0.2) is 0 Å². The normalized spacial score (nSPS) is 9.69. The Hall–Kier alpha value is -1.14. The highest BCUT2D eigenvalue weighted by Crippen LogP contribution is 2.27. The van der Waals surface area contributed by atoms with E-state index in [-0.39, 0.29) is 5.69 Å². The molecule has 0 radical (unpaired) electrons. The first-order chi connectivity index (χ1) is 6.20. The maximum absolute atomic E-state index is 10.6. The molecule has 0 spiro atoms. The lowest BCUT2D eigenvalue weighted by atomic mass is 10.1. The molecule has 0 fully saturated rings. The molecule has 1 aromatic carbocycles. The molecule has 0 aliphatic carbocycles. The number of nitrogens with two attached hydrogens (primary N) is 1. The summed E-state index contributed by atoms with van der Waals surface area (Å²) in [7, 11) is 0. The van der Waals surface area contributed by atoms with Gasteiger partial charge in [0.2, 0.25) is 0 Å². The third-order valence-electron chi connectivity index (χ3n) is 1.64. The average molecular weight is 246 g/mol. The summed E-state index contributed by atoms with van der Waals surface area (Å²) in [5.74, 6) is 5.20. The second-order valence-corrected chi connectivity index (χ2v) is 2.90. The number of rotatable bonds is 3. The van der Waals surface area contributed by atoms with Gasteiger partial charge in [-0.2, -0.15) is 0 Å². The molecule has 5 nitrogen and oxygen atoms in total. The van der Waals surface area contributed by atoms with Gasteiger partial charge in [-0.15, -0.1) is 0 Å². The van der Waals surface area contributed by atoms with E-state index in [1.807, 2.05) is 0 Å². The molecule has 0 aliphatic heterocycles. The lowest BCUT2D eigenvalue weighted by Gasteiger charge is -2.05. The molecule has 0 unspecified atom stereocenters. The summed E-state index contributed by atoms with van der Waals surface area (Å²) in [5.41, 5.74) is 3.58. The predicted octanol–water partition coefficient (Wildman–Crippen LogP) is 1.78. The SMILES string of the molecule is NNc1cccc([N+](=O)[O-])c1CBr. The molecular formula is C7H8BrN3O2. The minimum Gasteiger partial charge on any atom is -0.324 e. The Balaban J connectivity index is 3.27. The maximum Gasteiger partial charge on any atom is 0.275 e. The van der Waals surface area contributed by atoms with E-state index in [1.165, 1.54) is 6.07 Å². The Kier molecular flexibility index (Phi) is 3.21. The van der Waals surface area contributed by atoms with Gasteiger partial charge in [0, 0.05) is 11.4 Å². The summed E-state index contributed by atoms with van der Waals surface area (Å²) in [6, 6.07) is 4.71. The highest BCUT2D eigenvalue weighted by molar-refractivity contribution is 9.08. The van der Waals surface area contributed by atoms with Crippen LogP contribution in [0.3, 0.4) is 0 Å². The topological polar surface area (TPSA) is 81.2 Å². The first-order valence-electron chi connectivity index (χ1n) is 3.49. The average Bonchev–Trinajstić information content (AvgIpc) is 2.16. The number of nitro benzene ring substituents is 1. The molecular weight excluding hydrogens is 238 g/mol. The van der Waals surface area contributed by atoms with E-state index >= 15 is 0 Å². The van der Waals surface area contributed by atoms with Crippen LogP contribution in [0, 0.1) is 10.1 Å². The Morgan fingerprint density at radius 3 is 2.77 bits per heavy atom. The minimum atomic E-state index is -0.433. The molecule has 6 heteroatoms. The molecule has 0 aromatic heterocycles. The van der Waals surface area contributed by atoms with Gasteiger partial charge in [0.25, 0.3) is 5.69 Å². The van der Waals surface area contributed by atoms with Crippen LogP contribution in [0.2, 0.25) is 0 Å². The molecule has 1 rings (SSSR count). The molecule has 1 aromatic rings. The number of alkyl halides is 1. The smallest absolute Gasteiger partial charge is 0.275 e. The van der Waals surface area contributed by atoms with E-state index in [9.17, 15) is 10.1 Å². The second kappa shape index (κ2) is 4.20. The van der Waals surface area contributed by atoms with Crippen LogP contribution in [0.4, 0.5) is 11.4 Å². The summed E-state index contributed by atoms with van der Waals surface area (Å²) in [5, 5.41) is 11.0. The number of hydrazine groups is 1. The van der Waals surface area contributed by atoms with Crippen LogP contribution >= 0.6 is 15.9 Å². The van der Waals surface area contributed by atoms with Crippen LogP contribution < -0.4 is 11.3 Å². The zero-order valence-electron chi connectivity index (χ0n) is 6.66. The standard InChI is InChI=1S/C7H8BrN3O2/c8-4-5-6(10-9)2-1-3-7(5)11(12)13/h1-3,10H,4,9H2. The Morgan fingerprint density at radius 1 is 1.62 bits per heavy atom. The van der Waals surface area contributed by atoms with Gasteiger partial charge < -0.3 is 5.43 Å². The zero-order chi connectivity index (χ0) is 9.84. The van der Waals surface area contributed by atoms with Crippen LogP contribution in [-0.4, -0.2) is 4.92 Å². The van der Waals surface area contributed by atoms with Crippen molar-refractivity contribution in [2.75, 3.05) is 5.43 Å². The first kappa shape index (κ1) is 9.94. The minimum absolute atomic E-state index is 0.0623. The third-order valence-corrected chi connectivity index (χ3v) is 2.20. The highest BCUT2D eigenvalue weighted by atomic mass is 79.9. The number of halogens is 1. The van der Waals surface area contributed by atoms with E-state index < -0.39 is 4.92 Å². The van der Waals surface area contributed by atoms with Crippen LogP contribution in [-0.2, 0) is 5.33 Å². The Bertz CT molecular complexity index is 330. The monoisotopic (exact) mass is 245 g/mol. The van der Waals surface area contributed by atoms with Crippen molar-refractivity contribution in [1.29, 1.82) is 0 Å². The van der Waals surface area contributed by atoms with Crippen LogP contribution in [0.5, 0.6) is 0 Å². The number of anilines is 1. The van der Waals surface area contributed by atoms with Gasteiger partial charge in [-0.05, 0) is 6.07 Å². The van der Waals surface area contributed by atoms with Crippen molar-refractivity contribution in [3.63, 3.8) is 0 Å². The zero-order valence-corrected chi connectivity index (χ0v) is 8.24. The van der Waals surface area contributed by atoms with E-state index in [4.69, 9.17) is 5.84 Å². The molecule has 0 saturated heterocycles. The van der Waals surface area contributed by atoms with Crippen LogP contribution in [0.25, 0.3) is 0 Å². The van der Waals surface area contributed by atoms with E-state index in [1.54, 1.807) is 12.1 Å². The number of nitro groups is 1. The summed E-state index contributed by atoms with van der Waals surface area (Å²) in [4.78, 5) is 10.1. The van der Waals surface area contributed by atoms with E-state index in [0.717, 1.165) is 0 Å². The number of nitrogens with one attached hydrogen (secondary N) is 1. The fourth-order valence-electron chi connectivity index (χ4n) is 1.02. The molecule has 0 saturated carbocycles. The lowest BCUT2D eigenvalue weighted by Crippen LogP contribution is -2.09. The largest absolute Gasteiger partial charge is 0.324 e. The van der Waals surface area contributed by atoms with Gasteiger partial charge in [0.05, 0.1) is 16.2 Å². The molecule has 3 N–H and O–H groups in total. The molecule has 13 heavy (non-hydrogen) atoms. The number of hydrogen-bond acceptors (Lipinski definition) is 4. The number of nitrogens with zero attached hydrogens (tertiary/aromatic N) is 1. The lowest BCUT2D eigenvalue weighted by molar-refractivity contribution is -0.385. The fraction of sp³-hybridized carbons (Fsp3) is 0.143. The van der Waals surface area contributed by atoms with E-state index in [2.05, 4.69) is 21.4 Å². The third kappa shape index (κ3) is 1.96. The summed E-state index contributed by atoms with van der Waals surface area (Å²) >= 11 is 3.17. The van der Waals surface area contributed by atoms with Crippen molar-refractivity contribution in [2.45, 2.75) is 5.33 Å². The van der Waals surface area contributed by atoms with Gasteiger partial charge >= 0.3 is 0 Å². The van der Waals surface area contributed by atoms with Crippen LogP contribution in [0.15, 0.2) is 18.2 Å². The summed E-state index contributed by atoms with van der Waals surface area (Å²) in [6.45, 7) is 0. The van der Waals surface area contributed by atoms with Crippen molar-refractivity contribution in [3.05, 3.63) is 33.9 Å². The molecule has 0 atom stereocenters. The first-order valence-corrected chi connectivity index (χ1v) is 4.61. The van der Waals surface area contributed by atoms with Crippen molar-refractivity contribution in [3.8, 4) is 0 Å². The maximum atomic E-state index is 10.6. The molecule has 0 aliphatic rings. The van der Waals surface area contributed by atoms with Crippen molar-refractivity contribution >= 4 is 27.3 Å². The van der Waals surface area contributed by atoms with Gasteiger partial charge in [-0.3, -0.25) is 16.0 Å². The quantitative estimate of drug-likeness (QED) is 0.368. The molecule has 0 heterocycles. The van der Waals surface area contributed by atoms with Crippen molar-refractivity contribution in [2.24, 2.45) is 5.84 Å². The molecule has 0 bridgehead atoms. The Labute approximate surface area is 83.2 Å². The van der Waals surface area contributed by atoms with Gasteiger partial charge in [-0.1, -0.05) is 22.0 Å². The predicted molar refractivity (Wildman–Crippen MR) is 53.5 cm³/mol. The number of hydrogen-bond donors (Lipinski definition) is 2. The number of benzene rings is 1. The van der Waals surface area contributed by atoms with Gasteiger partial charge in [0.1, 0.15) is 0 Å². The second-order valence-electron chi connectivity index (χ2n) is 2.34. The fourth-order valence-corrected chi connectivity index (χ4v) is 1.61. The van der Waals surface area contributed by atoms with E-state index in [0.29, 0.717) is 16.6 Å². The Morgan fingerprint density at radius 2 is 2.31 bits per heavy atom. The summed E-state index contributed by atoms with van der Waals surface area (Å²) in [6.07, 6.45) is 0. The van der Waals surface area contributed by atoms with Crippen LogP contribution in [0.1, 0.15) is 5.56 Å². The summed E-state index contributed by atoms with van der Waals surface area (Å²) < 4.78 is 0. The van der Waals surface area contributed by atoms with Crippen molar-refractivity contribution < 1.29 is 4.92 Å². The number of nitrogen functional groups attached to an aromatic ring is 1. The van der Waals surface area contributed by atoms with Gasteiger partial charge in [0.15, 0.2) is 0 Å².